The number of sulfone groups is 1. The van der Waals surface area contributed by atoms with E-state index in [0.29, 0.717) is 18.9 Å². The highest BCUT2D eigenvalue weighted by Crippen LogP contribution is 2.13. The van der Waals surface area contributed by atoms with E-state index < -0.39 is 9.84 Å². The molecule has 2 N–H and O–H groups in total. The fraction of sp³-hybridized carbons (Fsp3) is 0.667. The lowest BCUT2D eigenvalue weighted by Gasteiger charge is -2.15. The molecule has 6 nitrogen and oxygen atoms in total. The van der Waals surface area contributed by atoms with Crippen LogP contribution in [0.4, 0.5) is 0 Å². The first-order valence-electron chi connectivity index (χ1n) is 6.65. The molecule has 0 aliphatic carbocycles. The highest BCUT2D eigenvalue weighted by Gasteiger charge is 2.28. The molecule has 1 unspecified atom stereocenters. The Hall–Kier alpha value is -0.420. The van der Waals surface area contributed by atoms with Crippen LogP contribution >= 0.6 is 35.3 Å². The summed E-state index contributed by atoms with van der Waals surface area (Å²) in [5.74, 6) is 1.12. The molecule has 1 aliphatic rings. The second kappa shape index (κ2) is 8.28. The van der Waals surface area contributed by atoms with Crippen LogP contribution in [0.2, 0.25) is 0 Å². The molecule has 1 fully saturated rings. The lowest BCUT2D eigenvalue weighted by atomic mass is 10.3. The molecule has 1 aliphatic heterocycles. The third-order valence-corrected chi connectivity index (χ3v) is 5.65. The van der Waals surface area contributed by atoms with Gasteiger partial charge in [-0.05, 0) is 20.3 Å². The minimum absolute atomic E-state index is 0. The zero-order chi connectivity index (χ0) is 14.6. The van der Waals surface area contributed by atoms with Gasteiger partial charge in [-0.25, -0.2) is 18.4 Å². The van der Waals surface area contributed by atoms with Gasteiger partial charge < -0.3 is 10.6 Å². The molecule has 1 atom stereocenters. The molecule has 0 radical (unpaired) electrons. The Morgan fingerprint density at radius 3 is 2.86 bits per heavy atom. The van der Waals surface area contributed by atoms with Crippen LogP contribution in [-0.4, -0.2) is 43.5 Å². The summed E-state index contributed by atoms with van der Waals surface area (Å²) in [5.41, 5.74) is 0. The van der Waals surface area contributed by atoms with Crippen molar-refractivity contribution >= 4 is 51.1 Å². The van der Waals surface area contributed by atoms with Crippen LogP contribution in [0.25, 0.3) is 0 Å². The summed E-state index contributed by atoms with van der Waals surface area (Å²) in [4.78, 5) is 9.77. The Morgan fingerprint density at radius 2 is 2.33 bits per heavy atom. The van der Waals surface area contributed by atoms with E-state index in [2.05, 4.69) is 20.6 Å². The maximum absolute atomic E-state index is 11.5. The minimum atomic E-state index is -2.87. The van der Waals surface area contributed by atoms with E-state index in [4.69, 9.17) is 0 Å². The number of thiazole rings is 1. The van der Waals surface area contributed by atoms with Gasteiger partial charge in [0.1, 0.15) is 0 Å². The maximum Gasteiger partial charge on any atom is 0.191 e. The summed E-state index contributed by atoms with van der Waals surface area (Å²) < 4.78 is 22.9. The molecule has 0 amide bonds. The summed E-state index contributed by atoms with van der Waals surface area (Å²) in [6, 6.07) is -0.0407. The standard InChI is InChI=1S/C12H20N4O2S2.HI/c1-3-13-12(15-7-11-6-14-9(2)19-11)16-10-4-5-20(17,18)8-10;/h6,10H,3-5,7-8H2,1-2H3,(H2,13,15,16);1H. The lowest BCUT2D eigenvalue weighted by molar-refractivity contribution is 0.599. The van der Waals surface area contributed by atoms with Crippen LogP contribution in [0.1, 0.15) is 23.2 Å². The largest absolute Gasteiger partial charge is 0.357 e. The normalized spacial score (nSPS) is 20.9. The Labute approximate surface area is 146 Å². The Morgan fingerprint density at radius 1 is 1.57 bits per heavy atom. The monoisotopic (exact) mass is 444 g/mol. The molecule has 9 heteroatoms. The first kappa shape index (κ1) is 18.6. The van der Waals surface area contributed by atoms with Gasteiger partial charge >= 0.3 is 0 Å². The van der Waals surface area contributed by atoms with Crippen molar-refractivity contribution in [2.45, 2.75) is 32.9 Å². The van der Waals surface area contributed by atoms with Gasteiger partial charge in [0, 0.05) is 23.7 Å². The third-order valence-electron chi connectivity index (χ3n) is 2.98. The maximum atomic E-state index is 11.5. The lowest BCUT2D eigenvalue weighted by Crippen LogP contribution is -2.44. The zero-order valence-electron chi connectivity index (χ0n) is 12.1. The van der Waals surface area contributed by atoms with Gasteiger partial charge in [0.15, 0.2) is 15.8 Å². The number of nitrogens with one attached hydrogen (secondary N) is 2. The second-order valence-electron chi connectivity index (χ2n) is 4.79. The molecule has 1 aromatic rings. The molecule has 0 bridgehead atoms. The average Bonchev–Trinajstić information content (AvgIpc) is 2.93. The van der Waals surface area contributed by atoms with Crippen molar-refractivity contribution in [3.63, 3.8) is 0 Å². The quantitative estimate of drug-likeness (QED) is 0.416. The van der Waals surface area contributed by atoms with Gasteiger partial charge in [0.2, 0.25) is 0 Å². The van der Waals surface area contributed by atoms with E-state index in [1.54, 1.807) is 11.3 Å². The van der Waals surface area contributed by atoms with Gasteiger partial charge in [-0.1, -0.05) is 0 Å². The average molecular weight is 444 g/mol. The number of aliphatic imine (C=N–C) groups is 1. The van der Waals surface area contributed by atoms with Crippen LogP contribution in [0.5, 0.6) is 0 Å². The predicted molar refractivity (Wildman–Crippen MR) is 97.3 cm³/mol. The first-order valence-corrected chi connectivity index (χ1v) is 9.29. The topological polar surface area (TPSA) is 83.4 Å². The van der Waals surface area contributed by atoms with Crippen LogP contribution in [-0.2, 0) is 16.4 Å². The second-order valence-corrected chi connectivity index (χ2v) is 8.33. The van der Waals surface area contributed by atoms with Crippen molar-refractivity contribution in [1.82, 2.24) is 15.6 Å². The van der Waals surface area contributed by atoms with Gasteiger partial charge in [0.05, 0.1) is 23.1 Å². The van der Waals surface area contributed by atoms with E-state index in [9.17, 15) is 8.42 Å². The molecule has 0 spiro atoms. The molecule has 120 valence electrons. The number of guanidine groups is 1. The highest BCUT2D eigenvalue weighted by molar-refractivity contribution is 14.0. The van der Waals surface area contributed by atoms with E-state index in [1.807, 2.05) is 20.0 Å². The summed E-state index contributed by atoms with van der Waals surface area (Å²) in [5, 5.41) is 7.36. The smallest absolute Gasteiger partial charge is 0.191 e. The number of aromatic nitrogens is 1. The fourth-order valence-electron chi connectivity index (χ4n) is 2.06. The highest BCUT2D eigenvalue weighted by atomic mass is 127. The van der Waals surface area contributed by atoms with Crippen molar-refractivity contribution in [2.24, 2.45) is 4.99 Å². The van der Waals surface area contributed by atoms with Gasteiger partial charge in [0.25, 0.3) is 0 Å². The third kappa shape index (κ3) is 6.07. The fourth-order valence-corrected chi connectivity index (χ4v) is 4.45. The molecular formula is C12H21IN4O2S2. The number of halogens is 1. The zero-order valence-corrected chi connectivity index (χ0v) is 16.1. The number of nitrogens with zero attached hydrogens (tertiary/aromatic N) is 2. The molecule has 2 rings (SSSR count). The van der Waals surface area contributed by atoms with Crippen molar-refractivity contribution in [3.8, 4) is 0 Å². The number of hydrogen-bond acceptors (Lipinski definition) is 5. The SMILES string of the molecule is CCNC(=NCc1cnc(C)s1)NC1CCS(=O)(=O)C1.I. The van der Waals surface area contributed by atoms with Gasteiger partial charge in [-0.2, -0.15) is 0 Å². The number of hydrogen-bond donors (Lipinski definition) is 2. The molecule has 21 heavy (non-hydrogen) atoms. The molecule has 0 aromatic carbocycles. The van der Waals surface area contributed by atoms with Crippen LogP contribution in [0, 0.1) is 6.92 Å². The molecule has 2 heterocycles. The van der Waals surface area contributed by atoms with Crippen molar-refractivity contribution < 1.29 is 8.42 Å². The van der Waals surface area contributed by atoms with Gasteiger partial charge in [-0.15, -0.1) is 35.3 Å². The number of aryl methyl sites for hydroxylation is 1. The summed E-state index contributed by atoms with van der Waals surface area (Å²) in [6.45, 7) is 5.25. The van der Waals surface area contributed by atoms with Crippen LogP contribution in [0.15, 0.2) is 11.2 Å². The molecule has 1 saturated heterocycles. The van der Waals surface area contributed by atoms with E-state index >= 15 is 0 Å². The van der Waals surface area contributed by atoms with Crippen LogP contribution < -0.4 is 10.6 Å². The van der Waals surface area contributed by atoms with Gasteiger partial charge in [-0.3, -0.25) is 0 Å². The summed E-state index contributed by atoms with van der Waals surface area (Å²) >= 11 is 1.62. The van der Waals surface area contributed by atoms with Crippen molar-refractivity contribution in [2.75, 3.05) is 18.1 Å². The Balaban J connectivity index is 0.00000220. The molecule has 0 saturated carbocycles. The molecule has 1 aromatic heterocycles. The number of rotatable bonds is 4. The van der Waals surface area contributed by atoms with E-state index in [-0.39, 0.29) is 41.5 Å². The Kier molecular flexibility index (Phi) is 7.34. The first-order chi connectivity index (χ1) is 9.48. The summed E-state index contributed by atoms with van der Waals surface area (Å²) in [6.07, 6.45) is 2.47. The van der Waals surface area contributed by atoms with E-state index in [0.717, 1.165) is 16.4 Å². The van der Waals surface area contributed by atoms with Crippen molar-refractivity contribution in [1.29, 1.82) is 0 Å². The minimum Gasteiger partial charge on any atom is -0.357 e. The summed E-state index contributed by atoms with van der Waals surface area (Å²) in [7, 11) is -2.87. The Bertz CT molecular complexity index is 586. The van der Waals surface area contributed by atoms with Crippen molar-refractivity contribution in [3.05, 3.63) is 16.1 Å². The molecular weight excluding hydrogens is 423 g/mol. The predicted octanol–water partition coefficient (Wildman–Crippen LogP) is 1.31. The van der Waals surface area contributed by atoms with E-state index in [1.165, 1.54) is 0 Å². The van der Waals surface area contributed by atoms with Crippen LogP contribution in [0.3, 0.4) is 0 Å².